The smallest absolute Gasteiger partial charge is 0.414 e. The summed E-state index contributed by atoms with van der Waals surface area (Å²) in [6, 6.07) is 9.18. The summed E-state index contributed by atoms with van der Waals surface area (Å²) in [6.45, 7) is 2.10. The van der Waals surface area contributed by atoms with Crippen molar-refractivity contribution in [2.45, 2.75) is 32.3 Å². The number of aromatic hydroxyl groups is 1. The number of aryl methyl sites for hydroxylation is 1. The molecule has 5 rings (SSSR count). The molecule has 9 nitrogen and oxygen atoms in total. The van der Waals surface area contributed by atoms with Gasteiger partial charge in [-0.05, 0) is 49.1 Å². The first-order chi connectivity index (χ1) is 15.5. The third-order valence-electron chi connectivity index (χ3n) is 5.78. The van der Waals surface area contributed by atoms with Gasteiger partial charge in [-0.1, -0.05) is 5.16 Å². The molecule has 1 saturated heterocycles. The molecule has 0 spiro atoms. The highest BCUT2D eigenvalue weighted by Crippen LogP contribution is 2.39. The normalized spacial score (nSPS) is 17.3. The molecule has 1 fully saturated rings. The molecule has 3 heterocycles. The van der Waals surface area contributed by atoms with Crippen molar-refractivity contribution in [2.24, 2.45) is 0 Å². The molecule has 1 unspecified atom stereocenters. The Kier molecular flexibility index (Phi) is 5.01. The molecule has 2 N–H and O–H groups in total. The Bertz CT molecular complexity index is 1200. The Morgan fingerprint density at radius 2 is 2.16 bits per heavy atom. The first kappa shape index (κ1) is 20.0. The van der Waals surface area contributed by atoms with Crippen molar-refractivity contribution in [3.05, 3.63) is 47.7 Å². The lowest BCUT2D eigenvalue weighted by Gasteiger charge is -2.15. The van der Waals surface area contributed by atoms with Crippen LogP contribution in [0.2, 0.25) is 0 Å². The molecule has 9 heteroatoms. The van der Waals surface area contributed by atoms with Crippen LogP contribution < -0.4 is 10.2 Å². The van der Waals surface area contributed by atoms with Crippen molar-refractivity contribution < 1.29 is 24.0 Å². The molecule has 0 saturated carbocycles. The quantitative estimate of drug-likeness (QED) is 0.648. The van der Waals surface area contributed by atoms with E-state index in [1.807, 2.05) is 18.2 Å². The van der Waals surface area contributed by atoms with Gasteiger partial charge in [-0.15, -0.1) is 0 Å². The van der Waals surface area contributed by atoms with E-state index in [0.29, 0.717) is 18.0 Å². The van der Waals surface area contributed by atoms with Crippen LogP contribution >= 0.6 is 0 Å². The van der Waals surface area contributed by atoms with Crippen molar-refractivity contribution in [3.63, 3.8) is 0 Å². The summed E-state index contributed by atoms with van der Waals surface area (Å²) in [5.74, 6) is 0.490. The van der Waals surface area contributed by atoms with E-state index < -0.39 is 6.09 Å². The van der Waals surface area contributed by atoms with Crippen molar-refractivity contribution >= 4 is 17.7 Å². The third-order valence-corrected chi connectivity index (χ3v) is 5.78. The van der Waals surface area contributed by atoms with Crippen LogP contribution in [0.4, 0.5) is 10.5 Å². The third kappa shape index (κ3) is 3.66. The first-order valence-corrected chi connectivity index (χ1v) is 10.5. The van der Waals surface area contributed by atoms with Crippen LogP contribution in [0.1, 0.15) is 24.5 Å². The van der Waals surface area contributed by atoms with Gasteiger partial charge in [0.15, 0.2) is 5.76 Å². The lowest BCUT2D eigenvalue weighted by molar-refractivity contribution is -0.119. The number of rotatable bonds is 4. The molecule has 32 heavy (non-hydrogen) atoms. The highest BCUT2D eigenvalue weighted by Gasteiger charge is 2.33. The number of aromatic nitrogens is 2. The molecule has 0 bridgehead atoms. The predicted molar refractivity (Wildman–Crippen MR) is 115 cm³/mol. The van der Waals surface area contributed by atoms with Crippen LogP contribution in [0, 0.1) is 0 Å². The van der Waals surface area contributed by atoms with Crippen molar-refractivity contribution in [1.82, 2.24) is 15.5 Å². The van der Waals surface area contributed by atoms with E-state index in [2.05, 4.69) is 15.5 Å². The second-order valence-corrected chi connectivity index (χ2v) is 7.99. The SMILES string of the molecule is CC(=O)NCC1CN(c2ccc3c(c2)CCCc2c(-c4ccnc(O)c4)noc2-3)C(=O)O1. The number of amides is 2. The predicted octanol–water partition coefficient (Wildman–Crippen LogP) is 3.06. The van der Waals surface area contributed by atoms with E-state index in [1.54, 1.807) is 17.0 Å². The monoisotopic (exact) mass is 434 g/mol. The molecule has 1 aliphatic carbocycles. The number of benzene rings is 1. The van der Waals surface area contributed by atoms with Crippen LogP contribution in [0.5, 0.6) is 5.88 Å². The second-order valence-electron chi connectivity index (χ2n) is 7.99. The maximum atomic E-state index is 12.4. The maximum absolute atomic E-state index is 12.4. The summed E-state index contributed by atoms with van der Waals surface area (Å²) in [4.78, 5) is 28.9. The fraction of sp³-hybridized carbons (Fsp3) is 0.304. The van der Waals surface area contributed by atoms with Gasteiger partial charge in [0.2, 0.25) is 11.8 Å². The fourth-order valence-corrected chi connectivity index (χ4v) is 4.27. The minimum absolute atomic E-state index is 0.0628. The summed E-state index contributed by atoms with van der Waals surface area (Å²) in [5, 5.41) is 16.7. The molecule has 2 aliphatic rings. The zero-order valence-electron chi connectivity index (χ0n) is 17.5. The maximum Gasteiger partial charge on any atom is 0.414 e. The summed E-state index contributed by atoms with van der Waals surface area (Å²) in [6.07, 6.45) is 3.24. The standard InChI is InChI=1S/C23H22N4O5/c1-13(28)25-11-17-12-27(23(30)31-17)16-5-6-18-14(9-16)3-2-4-19-21(26-32-22(18)19)15-7-8-24-20(29)10-15/h5-10,17H,2-4,11-12H2,1H3,(H,24,29)(H,25,28). The zero-order chi connectivity index (χ0) is 22.2. The van der Waals surface area contributed by atoms with Gasteiger partial charge in [0.1, 0.15) is 11.8 Å². The number of hydrogen-bond donors (Lipinski definition) is 2. The molecule has 1 atom stereocenters. The van der Waals surface area contributed by atoms with Gasteiger partial charge in [0.25, 0.3) is 0 Å². The minimum atomic E-state index is -0.422. The Labute approximate surface area is 184 Å². The molecular formula is C23H22N4O5. The lowest BCUT2D eigenvalue weighted by atomic mass is 10.00. The number of nitrogens with one attached hydrogen (secondary N) is 1. The fourth-order valence-electron chi connectivity index (χ4n) is 4.27. The van der Waals surface area contributed by atoms with E-state index in [1.165, 1.54) is 13.1 Å². The Morgan fingerprint density at radius 1 is 1.28 bits per heavy atom. The van der Waals surface area contributed by atoms with Gasteiger partial charge in [0, 0.05) is 41.6 Å². The number of cyclic esters (lactones) is 1. The average Bonchev–Trinajstić information content (AvgIpc) is 3.31. The molecule has 1 aliphatic heterocycles. The van der Waals surface area contributed by atoms with Crippen LogP contribution in [0.15, 0.2) is 41.1 Å². The zero-order valence-corrected chi connectivity index (χ0v) is 17.5. The van der Waals surface area contributed by atoms with E-state index in [9.17, 15) is 14.7 Å². The Balaban J connectivity index is 1.44. The van der Waals surface area contributed by atoms with Crippen LogP contribution in [0.3, 0.4) is 0 Å². The van der Waals surface area contributed by atoms with Crippen LogP contribution in [0.25, 0.3) is 22.6 Å². The minimum Gasteiger partial charge on any atom is -0.493 e. The number of ether oxygens (including phenoxy) is 1. The Morgan fingerprint density at radius 3 is 2.97 bits per heavy atom. The van der Waals surface area contributed by atoms with E-state index in [0.717, 1.165) is 47.2 Å². The van der Waals surface area contributed by atoms with E-state index >= 15 is 0 Å². The summed E-state index contributed by atoms with van der Waals surface area (Å²) in [5.41, 5.74) is 5.23. The van der Waals surface area contributed by atoms with Gasteiger partial charge in [0.05, 0.1) is 13.1 Å². The highest BCUT2D eigenvalue weighted by atomic mass is 16.6. The number of pyridine rings is 1. The van der Waals surface area contributed by atoms with Gasteiger partial charge < -0.3 is 19.7 Å². The number of carbonyl (C=O) groups excluding carboxylic acids is 2. The number of anilines is 1. The van der Waals surface area contributed by atoms with Gasteiger partial charge in [-0.25, -0.2) is 9.78 Å². The van der Waals surface area contributed by atoms with Gasteiger partial charge in [-0.3, -0.25) is 9.69 Å². The van der Waals surface area contributed by atoms with Crippen LogP contribution in [-0.4, -0.2) is 46.4 Å². The molecule has 0 radical (unpaired) electrons. The van der Waals surface area contributed by atoms with Crippen molar-refractivity contribution in [3.8, 4) is 28.5 Å². The summed E-state index contributed by atoms with van der Waals surface area (Å²) in [7, 11) is 0. The highest BCUT2D eigenvalue weighted by molar-refractivity contribution is 5.90. The number of fused-ring (bicyclic) bond motifs is 3. The van der Waals surface area contributed by atoms with Crippen molar-refractivity contribution in [2.75, 3.05) is 18.0 Å². The summed E-state index contributed by atoms with van der Waals surface area (Å²) >= 11 is 0. The average molecular weight is 434 g/mol. The molecule has 3 aromatic rings. The molecule has 2 aromatic heterocycles. The molecule has 2 amide bonds. The number of carbonyl (C=O) groups is 2. The topological polar surface area (TPSA) is 118 Å². The van der Waals surface area contributed by atoms with Gasteiger partial charge in [-0.2, -0.15) is 0 Å². The lowest BCUT2D eigenvalue weighted by Crippen LogP contribution is -2.33. The molecule has 1 aromatic carbocycles. The second kappa shape index (κ2) is 7.99. The number of hydrogen-bond acceptors (Lipinski definition) is 7. The van der Waals surface area contributed by atoms with Crippen molar-refractivity contribution in [1.29, 1.82) is 0 Å². The summed E-state index contributed by atoms with van der Waals surface area (Å²) < 4.78 is 11.1. The Hall–Kier alpha value is -3.88. The van der Waals surface area contributed by atoms with E-state index in [4.69, 9.17) is 9.26 Å². The molecular weight excluding hydrogens is 412 g/mol. The largest absolute Gasteiger partial charge is 0.493 e. The van der Waals surface area contributed by atoms with E-state index in [-0.39, 0.29) is 24.4 Å². The van der Waals surface area contributed by atoms with Gasteiger partial charge >= 0.3 is 6.09 Å². The molecule has 164 valence electrons. The first-order valence-electron chi connectivity index (χ1n) is 10.5. The van der Waals surface area contributed by atoms with Crippen LogP contribution in [-0.2, 0) is 22.4 Å². The number of nitrogens with zero attached hydrogens (tertiary/aromatic N) is 3.